The first kappa shape index (κ1) is 37.2. The molecule has 1 aromatic heterocycles. The topological polar surface area (TPSA) is 149 Å². The molecular formula is C38H47F2N5O7. The van der Waals surface area contributed by atoms with Gasteiger partial charge in [-0.15, -0.1) is 0 Å². The van der Waals surface area contributed by atoms with Gasteiger partial charge in [-0.25, -0.2) is 18.6 Å². The van der Waals surface area contributed by atoms with Crippen molar-refractivity contribution in [3.8, 4) is 11.6 Å². The zero-order valence-electron chi connectivity index (χ0n) is 29.8. The minimum Gasteiger partial charge on any atom is -0.444 e. The molecule has 3 aromatic rings. The number of nitrogen functional groups attached to an aromatic ring is 1. The summed E-state index contributed by atoms with van der Waals surface area (Å²) in [5, 5.41) is 11.5. The van der Waals surface area contributed by atoms with E-state index >= 15 is 0 Å². The third kappa shape index (κ3) is 8.72. The molecule has 2 amide bonds. The van der Waals surface area contributed by atoms with E-state index in [2.05, 4.69) is 4.98 Å². The van der Waals surface area contributed by atoms with Crippen LogP contribution in [0.2, 0.25) is 0 Å². The van der Waals surface area contributed by atoms with Crippen LogP contribution in [0.5, 0.6) is 11.6 Å². The number of amides is 2. The van der Waals surface area contributed by atoms with Crippen LogP contribution in [0.1, 0.15) is 76.0 Å². The van der Waals surface area contributed by atoms with Crippen LogP contribution in [0.25, 0.3) is 0 Å². The second-order valence-corrected chi connectivity index (χ2v) is 15.1. The first-order chi connectivity index (χ1) is 24.6. The van der Waals surface area contributed by atoms with Crippen LogP contribution >= 0.6 is 0 Å². The average molecular weight is 724 g/mol. The summed E-state index contributed by atoms with van der Waals surface area (Å²) >= 11 is 0. The van der Waals surface area contributed by atoms with Crippen LogP contribution in [0.4, 0.5) is 19.3 Å². The van der Waals surface area contributed by atoms with E-state index in [0.717, 1.165) is 11.1 Å². The summed E-state index contributed by atoms with van der Waals surface area (Å²) in [4.78, 5) is 47.2. The van der Waals surface area contributed by atoms with Gasteiger partial charge in [0.25, 0.3) is 5.56 Å². The van der Waals surface area contributed by atoms with Gasteiger partial charge in [-0.05, 0) is 63.3 Å². The summed E-state index contributed by atoms with van der Waals surface area (Å²) in [5.74, 6) is -3.92. The largest absolute Gasteiger partial charge is 0.444 e. The highest BCUT2D eigenvalue weighted by Gasteiger charge is 2.46. The average Bonchev–Trinajstić information content (AvgIpc) is 3.11. The van der Waals surface area contributed by atoms with Gasteiger partial charge in [0.15, 0.2) is 5.69 Å². The van der Waals surface area contributed by atoms with Crippen LogP contribution in [0, 0.1) is 5.92 Å². The molecule has 3 atom stereocenters. The molecular weight excluding hydrogens is 676 g/mol. The number of ether oxygens (including phenoxy) is 3. The highest BCUT2D eigenvalue weighted by atomic mass is 19.3. The number of aliphatic hydroxyl groups is 1. The van der Waals surface area contributed by atoms with E-state index in [4.69, 9.17) is 19.9 Å². The van der Waals surface area contributed by atoms with Crippen molar-refractivity contribution in [2.24, 2.45) is 5.92 Å². The Bertz CT molecular complexity index is 1810. The predicted octanol–water partition coefficient (Wildman–Crippen LogP) is 5.50. The molecule has 6 rings (SSSR count). The van der Waals surface area contributed by atoms with Crippen molar-refractivity contribution < 1.29 is 37.7 Å². The minimum absolute atomic E-state index is 0.0896. The molecule has 0 bridgehead atoms. The third-order valence-corrected chi connectivity index (χ3v) is 10.0. The molecule has 2 saturated heterocycles. The van der Waals surface area contributed by atoms with E-state index in [-0.39, 0.29) is 75.8 Å². The smallest absolute Gasteiger partial charge is 0.410 e. The predicted molar refractivity (Wildman–Crippen MR) is 188 cm³/mol. The number of rotatable bonds is 7. The molecule has 0 spiro atoms. The number of anilines is 1. The Hall–Kier alpha value is -4.56. The van der Waals surface area contributed by atoms with E-state index in [1.54, 1.807) is 52.3 Å². The summed E-state index contributed by atoms with van der Waals surface area (Å²) in [6.45, 7) is 6.80. The minimum atomic E-state index is -2.83. The number of halogens is 2. The Morgan fingerprint density at radius 3 is 2.44 bits per heavy atom. The second-order valence-electron chi connectivity index (χ2n) is 15.1. The fraction of sp³-hybridized carbons (Fsp3) is 0.526. The molecule has 0 radical (unpaired) electrons. The Labute approximate surface area is 301 Å². The molecule has 14 heteroatoms. The lowest BCUT2D eigenvalue weighted by Gasteiger charge is -2.42. The monoisotopic (exact) mass is 723 g/mol. The quantitative estimate of drug-likeness (QED) is 0.322. The highest BCUT2D eigenvalue weighted by Crippen LogP contribution is 2.46. The summed E-state index contributed by atoms with van der Waals surface area (Å²) in [6, 6.07) is 16.0. The number of alkyl halides is 2. The number of carbonyl (C=O) groups is 2. The Balaban J connectivity index is 1.07. The molecule has 1 aliphatic carbocycles. The molecule has 1 unspecified atom stereocenters. The van der Waals surface area contributed by atoms with Gasteiger partial charge >= 0.3 is 6.09 Å². The van der Waals surface area contributed by atoms with Crippen LogP contribution < -0.4 is 16.0 Å². The number of likely N-dealkylation sites (tertiary alicyclic amines) is 1. The first-order valence-corrected chi connectivity index (χ1v) is 17.8. The Morgan fingerprint density at radius 2 is 1.73 bits per heavy atom. The van der Waals surface area contributed by atoms with E-state index in [0.29, 0.717) is 18.9 Å². The van der Waals surface area contributed by atoms with Gasteiger partial charge < -0.3 is 34.9 Å². The fourth-order valence-corrected chi connectivity index (χ4v) is 7.25. The molecule has 2 aromatic carbocycles. The zero-order chi connectivity index (χ0) is 37.3. The lowest BCUT2D eigenvalue weighted by Crippen LogP contribution is -2.52. The number of morpholine rings is 1. The molecule has 3 N–H and O–H groups in total. The van der Waals surface area contributed by atoms with Crippen molar-refractivity contribution in [2.45, 2.75) is 88.6 Å². The van der Waals surface area contributed by atoms with Gasteiger partial charge in [0.2, 0.25) is 17.7 Å². The lowest BCUT2D eigenvalue weighted by atomic mass is 9.73. The van der Waals surface area contributed by atoms with Crippen molar-refractivity contribution >= 4 is 17.7 Å². The standard InChI is InChI=1S/C38H47F2N5O7/c1-36(2,3)52-35(48)44-18-19-50-30(22-44)26-10-7-11-27(20-26)51-32-31(41)34(47)45(24-42-32)23-37(49)14-16-43(17-15-37)33(46)28-12-13-38(39,40)21-29(28)25-8-5-4-6-9-25/h4-11,20,24,28-30,49H,12-19,21-23,41H2,1-3H3/t28-,29+,30?/m1/s1. The van der Waals surface area contributed by atoms with Crippen LogP contribution in [0.3, 0.4) is 0 Å². The van der Waals surface area contributed by atoms with Crippen LogP contribution in [-0.2, 0) is 20.8 Å². The van der Waals surface area contributed by atoms with Crippen LogP contribution in [-0.4, -0.2) is 86.4 Å². The first-order valence-electron chi connectivity index (χ1n) is 17.8. The SMILES string of the molecule is CC(C)(C)OC(=O)N1CCOC(c2cccc(Oc3ncn(CC4(O)CCN(C(=O)[C@@H]5CCC(F)(F)C[C@H]5c5ccccc5)CC4)c(=O)c3N)c2)C1. The van der Waals surface area contributed by atoms with Gasteiger partial charge in [-0.2, -0.15) is 0 Å². The van der Waals surface area contributed by atoms with Crippen molar-refractivity contribution in [3.63, 3.8) is 0 Å². The molecule has 3 aliphatic rings. The number of hydrogen-bond acceptors (Lipinski definition) is 9. The van der Waals surface area contributed by atoms with E-state index in [1.807, 2.05) is 32.9 Å². The van der Waals surface area contributed by atoms with Crippen molar-refractivity contribution in [1.29, 1.82) is 0 Å². The van der Waals surface area contributed by atoms with Gasteiger partial charge in [0, 0.05) is 44.3 Å². The molecule has 12 nitrogen and oxygen atoms in total. The van der Waals surface area contributed by atoms with E-state index < -0.39 is 46.7 Å². The number of nitrogens with two attached hydrogens (primary N) is 1. The number of aromatic nitrogens is 2. The third-order valence-electron chi connectivity index (χ3n) is 10.0. The number of piperidine rings is 1. The van der Waals surface area contributed by atoms with Gasteiger partial charge in [0.05, 0.1) is 25.3 Å². The maximum atomic E-state index is 14.5. The Morgan fingerprint density at radius 1 is 1.02 bits per heavy atom. The number of carbonyl (C=O) groups excluding carboxylic acids is 2. The molecule has 2 aliphatic heterocycles. The lowest BCUT2D eigenvalue weighted by molar-refractivity contribution is -0.145. The summed E-state index contributed by atoms with van der Waals surface area (Å²) in [6.07, 6.45) is 0.166. The molecule has 3 fully saturated rings. The zero-order valence-corrected chi connectivity index (χ0v) is 29.8. The number of nitrogens with zero attached hydrogens (tertiary/aromatic N) is 4. The van der Waals surface area contributed by atoms with Crippen molar-refractivity contribution in [3.05, 3.63) is 82.4 Å². The number of benzene rings is 2. The van der Waals surface area contributed by atoms with Crippen molar-refractivity contribution in [1.82, 2.24) is 19.4 Å². The van der Waals surface area contributed by atoms with Gasteiger partial charge in [-0.1, -0.05) is 42.5 Å². The van der Waals surface area contributed by atoms with Gasteiger partial charge in [-0.3, -0.25) is 14.2 Å². The summed E-state index contributed by atoms with van der Waals surface area (Å²) in [5.41, 5.74) is 4.90. The normalized spacial score (nSPS) is 23.2. The van der Waals surface area contributed by atoms with Crippen LogP contribution in [0.15, 0.2) is 65.7 Å². The second kappa shape index (κ2) is 14.8. The summed E-state index contributed by atoms with van der Waals surface area (Å²) in [7, 11) is 0. The summed E-state index contributed by atoms with van der Waals surface area (Å²) < 4.78 is 47.5. The molecule has 1 saturated carbocycles. The molecule has 3 heterocycles. The van der Waals surface area contributed by atoms with Gasteiger partial charge in [0.1, 0.15) is 23.8 Å². The highest BCUT2D eigenvalue weighted by molar-refractivity contribution is 5.80. The molecule has 280 valence electrons. The number of hydrogen-bond donors (Lipinski definition) is 2. The van der Waals surface area contributed by atoms with Crippen molar-refractivity contribution in [2.75, 3.05) is 38.5 Å². The van der Waals surface area contributed by atoms with E-state index in [1.165, 1.54) is 10.9 Å². The Kier molecular flexibility index (Phi) is 10.6. The fourth-order valence-electron chi connectivity index (χ4n) is 7.25. The van der Waals surface area contributed by atoms with E-state index in [9.17, 15) is 28.3 Å². The maximum absolute atomic E-state index is 14.5. The molecule has 52 heavy (non-hydrogen) atoms. The maximum Gasteiger partial charge on any atom is 0.410 e.